The minimum absolute atomic E-state index is 0.0414. The van der Waals surface area contributed by atoms with E-state index in [4.69, 9.17) is 29.3 Å². The van der Waals surface area contributed by atoms with E-state index in [2.05, 4.69) is 157 Å². The maximum absolute atomic E-state index is 13.4. The van der Waals surface area contributed by atoms with Crippen molar-refractivity contribution in [3.05, 3.63) is 141 Å². The van der Waals surface area contributed by atoms with E-state index in [-0.39, 0.29) is 35.6 Å². The number of ether oxygens (including phenoxy) is 2. The fraction of sp³-hybridized carbons (Fsp3) is 0.491. The second-order valence-corrected chi connectivity index (χ2v) is 18.1. The molecule has 5 rings (SSSR count). The minimum Gasteiger partial charge on any atom is -0.483 e. The van der Waals surface area contributed by atoms with Crippen molar-refractivity contribution < 1.29 is 34.1 Å². The van der Waals surface area contributed by atoms with Gasteiger partial charge in [0, 0.05) is 32.2 Å². The number of carbonyl (C=O) groups excluding carboxylic acids is 1. The molecule has 9 heteroatoms. The minimum atomic E-state index is -0.250. The number of allylic oxidation sites excluding steroid dienone is 21. The maximum atomic E-state index is 13.4. The van der Waals surface area contributed by atoms with Crippen molar-refractivity contribution in [1.82, 2.24) is 9.80 Å². The zero-order valence-electron chi connectivity index (χ0n) is 39.2. The van der Waals surface area contributed by atoms with Crippen LogP contribution in [0.3, 0.4) is 0 Å². The normalized spacial score (nSPS) is 24.6. The average molecular weight is 851 g/mol. The van der Waals surface area contributed by atoms with E-state index in [9.17, 15) is 4.79 Å². The summed E-state index contributed by atoms with van der Waals surface area (Å²) in [6.45, 7) is 28.7. The van der Waals surface area contributed by atoms with Crippen LogP contribution in [0, 0.1) is 10.8 Å². The van der Waals surface area contributed by atoms with Crippen LogP contribution in [0.5, 0.6) is 0 Å². The lowest BCUT2D eigenvalue weighted by Crippen LogP contribution is -2.51. The van der Waals surface area contributed by atoms with E-state index in [1.807, 2.05) is 6.92 Å². The summed E-state index contributed by atoms with van der Waals surface area (Å²) < 4.78 is 11.2. The van der Waals surface area contributed by atoms with Crippen molar-refractivity contribution in [2.75, 3.05) is 52.6 Å². The summed E-state index contributed by atoms with van der Waals surface area (Å²) in [4.78, 5) is 35.1. The van der Waals surface area contributed by atoms with E-state index < -0.39 is 0 Å². The molecule has 9 nitrogen and oxygen atoms in total. The second-order valence-electron chi connectivity index (χ2n) is 18.1. The lowest BCUT2D eigenvalue weighted by Gasteiger charge is -2.45. The van der Waals surface area contributed by atoms with Crippen molar-refractivity contribution in [3.63, 3.8) is 0 Å². The van der Waals surface area contributed by atoms with Gasteiger partial charge in [0.2, 0.25) is 0 Å². The molecule has 0 bridgehead atoms. The number of carboxylic acid groups (broad SMARTS) is 2. The molecule has 0 aromatic rings. The smallest absolute Gasteiger partial charge is 0.290 e. The molecule has 3 fully saturated rings. The number of morpholine rings is 2. The van der Waals surface area contributed by atoms with Crippen LogP contribution in [0.1, 0.15) is 94.9 Å². The number of rotatable bonds is 12. The lowest BCUT2D eigenvalue weighted by molar-refractivity contribution is -0.125. The summed E-state index contributed by atoms with van der Waals surface area (Å²) in [5.74, 6) is 0.267. The van der Waals surface area contributed by atoms with Gasteiger partial charge in [0.15, 0.2) is 5.78 Å². The number of ketones is 1. The zero-order chi connectivity index (χ0) is 45.9. The van der Waals surface area contributed by atoms with Crippen LogP contribution in [0.25, 0.3) is 0 Å². The molecule has 0 aromatic carbocycles. The van der Waals surface area contributed by atoms with Gasteiger partial charge in [-0.1, -0.05) is 141 Å². The summed E-state index contributed by atoms with van der Waals surface area (Å²) in [5, 5.41) is 13.8. The first kappa shape index (κ1) is 51.7. The Hall–Kier alpha value is -4.67. The Morgan fingerprint density at radius 3 is 1.35 bits per heavy atom. The summed E-state index contributed by atoms with van der Waals surface area (Å²) in [6, 6.07) is 0.482. The molecule has 62 heavy (non-hydrogen) atoms. The van der Waals surface area contributed by atoms with Gasteiger partial charge < -0.3 is 19.7 Å². The van der Waals surface area contributed by atoms with Crippen molar-refractivity contribution in [1.29, 1.82) is 0 Å². The monoisotopic (exact) mass is 851 g/mol. The molecule has 2 atom stereocenters. The molecule has 3 aliphatic carbocycles. The van der Waals surface area contributed by atoms with Crippen molar-refractivity contribution >= 4 is 18.7 Å². The molecule has 0 radical (unpaired) electrons. The third kappa shape index (κ3) is 15.9. The van der Waals surface area contributed by atoms with Gasteiger partial charge in [-0.2, -0.15) is 0 Å². The lowest BCUT2D eigenvalue weighted by atomic mass is 9.68. The number of Topliss-reactive ketones (excluding diaryl/α,β-unsaturated/α-hetero) is 1. The molecule has 5 aliphatic rings. The van der Waals surface area contributed by atoms with Gasteiger partial charge in [-0.3, -0.25) is 24.2 Å². The number of hydrogen-bond acceptors (Lipinski definition) is 7. The quantitative estimate of drug-likeness (QED) is 0.146. The first-order valence-electron chi connectivity index (χ1n) is 22.1. The number of carbonyl (C=O) groups is 3. The van der Waals surface area contributed by atoms with Crippen molar-refractivity contribution in [2.24, 2.45) is 10.8 Å². The molecular formula is C53H74N2O7. The Labute approximate surface area is 372 Å². The molecule has 2 heterocycles. The number of nitrogens with zero attached hydrogens (tertiary/aromatic N) is 2. The third-order valence-electron chi connectivity index (χ3n) is 12.2. The Balaban J connectivity index is 0.00000161. The van der Waals surface area contributed by atoms with E-state index in [1.165, 1.54) is 47.1 Å². The van der Waals surface area contributed by atoms with E-state index in [0.29, 0.717) is 19.3 Å². The highest BCUT2D eigenvalue weighted by Gasteiger charge is 2.42. The molecular weight excluding hydrogens is 777 g/mol. The molecule has 2 unspecified atom stereocenters. The van der Waals surface area contributed by atoms with Crippen LogP contribution in [-0.4, -0.2) is 103 Å². The summed E-state index contributed by atoms with van der Waals surface area (Å²) in [7, 11) is 0. The Kier molecular flexibility index (Phi) is 21.2. The average Bonchev–Trinajstić information content (AvgIpc) is 4.07. The van der Waals surface area contributed by atoms with Gasteiger partial charge in [0.1, 0.15) is 0 Å². The predicted octanol–water partition coefficient (Wildman–Crippen LogP) is 10.5. The molecule has 0 aromatic heterocycles. The maximum Gasteiger partial charge on any atom is 0.290 e. The molecule has 1 saturated carbocycles. The van der Waals surface area contributed by atoms with Crippen molar-refractivity contribution in [2.45, 2.75) is 107 Å². The third-order valence-corrected chi connectivity index (χ3v) is 12.2. The molecule has 2 N–H and O–H groups in total. The van der Waals surface area contributed by atoms with E-state index in [0.717, 1.165) is 62.5 Å². The summed E-state index contributed by atoms with van der Waals surface area (Å²) >= 11 is 0. The standard InChI is InChI=1S/C51H70N2O3.2CH2O2/c1-37(17-13-19-39(3)21-25-44-41(5)48(43-23-24-43)46(35-50(44,7)8)52-27-31-55-32-28-52)15-11-12-16-38(2)18-14-20-40(4)22-26-45-42(6)49(54)47(36-51(45,9)10)53-29-33-56-34-30-53;2*2-1-3/h11-22,25-26,46-47H,23-24,27-36H2,1-10H3;2*1H,(H,2,3)/b12-11+,17-13+,18-14+,25-21+,26-22+,37-15+,38-16+,39-19+,40-20+;;. The fourth-order valence-corrected chi connectivity index (χ4v) is 8.86. The number of hydrogen-bond donors (Lipinski definition) is 2. The van der Waals surface area contributed by atoms with Gasteiger partial charge in [0.05, 0.1) is 32.5 Å². The van der Waals surface area contributed by atoms with Gasteiger partial charge >= 0.3 is 0 Å². The fourth-order valence-electron chi connectivity index (χ4n) is 8.86. The van der Waals surface area contributed by atoms with Crippen LogP contribution >= 0.6 is 0 Å². The summed E-state index contributed by atoms with van der Waals surface area (Å²) in [5.41, 5.74) is 13.2. The van der Waals surface area contributed by atoms with Gasteiger partial charge in [-0.25, -0.2) is 0 Å². The van der Waals surface area contributed by atoms with Crippen molar-refractivity contribution in [3.8, 4) is 0 Å². The van der Waals surface area contributed by atoms with Crippen LogP contribution in [-0.2, 0) is 23.9 Å². The topological polar surface area (TPSA) is 117 Å². The first-order chi connectivity index (χ1) is 29.5. The summed E-state index contributed by atoms with van der Waals surface area (Å²) in [6.07, 6.45) is 34.9. The zero-order valence-corrected chi connectivity index (χ0v) is 39.2. The highest BCUT2D eigenvalue weighted by Crippen LogP contribution is 2.50. The van der Waals surface area contributed by atoms with Crippen LogP contribution in [0.4, 0.5) is 0 Å². The van der Waals surface area contributed by atoms with Crippen LogP contribution in [0.2, 0.25) is 0 Å². The first-order valence-corrected chi connectivity index (χ1v) is 22.1. The van der Waals surface area contributed by atoms with E-state index in [1.54, 1.807) is 11.1 Å². The molecule has 2 aliphatic heterocycles. The highest BCUT2D eigenvalue weighted by atomic mass is 16.5. The molecule has 0 spiro atoms. The Morgan fingerprint density at radius 1 is 0.581 bits per heavy atom. The van der Waals surface area contributed by atoms with E-state index >= 15 is 0 Å². The Bertz CT molecular complexity index is 1930. The predicted molar refractivity (Wildman–Crippen MR) is 254 cm³/mol. The molecule has 0 amide bonds. The van der Waals surface area contributed by atoms with Gasteiger partial charge in [-0.15, -0.1) is 0 Å². The largest absolute Gasteiger partial charge is 0.483 e. The molecule has 338 valence electrons. The van der Waals surface area contributed by atoms with Gasteiger partial charge in [-0.05, 0) is 106 Å². The van der Waals surface area contributed by atoms with Crippen LogP contribution < -0.4 is 0 Å². The Morgan fingerprint density at radius 2 is 0.935 bits per heavy atom. The van der Waals surface area contributed by atoms with Crippen LogP contribution in [0.15, 0.2) is 141 Å². The molecule has 2 saturated heterocycles. The second kappa shape index (κ2) is 25.4. The van der Waals surface area contributed by atoms with Gasteiger partial charge in [0.25, 0.3) is 12.9 Å². The highest BCUT2D eigenvalue weighted by molar-refractivity contribution is 6.01. The SMILES string of the molecule is CC1=C(/C=C/C(C)=C/C=C/C(C)=C/C=C/C=C(C)/C=C/C=C(C)/C=C/C2=C(C)C(=C3CC3)C(N3CCOCC3)CC2(C)C)C(C)(C)CC(N2CCOCC2)C1=O.O=CO.O=CO.